The van der Waals surface area contributed by atoms with Gasteiger partial charge in [0.15, 0.2) is 0 Å². The Morgan fingerprint density at radius 3 is 3.00 bits per heavy atom. The number of hydrogen-bond acceptors (Lipinski definition) is 3. The van der Waals surface area contributed by atoms with Crippen molar-refractivity contribution in [2.24, 2.45) is 0 Å². The molecule has 1 aliphatic rings. The molecule has 0 amide bonds. The lowest BCUT2D eigenvalue weighted by Crippen LogP contribution is -2.37. The van der Waals surface area contributed by atoms with E-state index in [0.29, 0.717) is 12.6 Å². The second-order valence-corrected chi connectivity index (χ2v) is 5.08. The summed E-state index contributed by atoms with van der Waals surface area (Å²) in [4.78, 5) is 0. The smallest absolute Gasteiger partial charge is 0.141 e. The van der Waals surface area contributed by atoms with Crippen molar-refractivity contribution in [1.82, 2.24) is 5.32 Å². The van der Waals surface area contributed by atoms with Crippen LogP contribution >= 0.6 is 0 Å². The molecule has 1 N–H and O–H groups in total. The predicted molar refractivity (Wildman–Crippen MR) is 72.8 cm³/mol. The zero-order chi connectivity index (χ0) is 12.8. The Kier molecular flexibility index (Phi) is 5.02. The molecule has 1 aromatic carbocycles. The molecule has 18 heavy (non-hydrogen) atoms. The molecule has 0 bridgehead atoms. The van der Waals surface area contributed by atoms with Gasteiger partial charge in [-0.3, -0.25) is 5.32 Å². The summed E-state index contributed by atoms with van der Waals surface area (Å²) in [7, 11) is 0. The highest BCUT2D eigenvalue weighted by Gasteiger charge is 2.12. The van der Waals surface area contributed by atoms with Gasteiger partial charge < -0.3 is 9.47 Å². The van der Waals surface area contributed by atoms with E-state index in [1.165, 1.54) is 18.4 Å². The van der Waals surface area contributed by atoms with Gasteiger partial charge in [-0.1, -0.05) is 26.0 Å². The molecule has 1 aliphatic heterocycles. The number of benzene rings is 1. The fourth-order valence-corrected chi connectivity index (χ4v) is 2.08. The summed E-state index contributed by atoms with van der Waals surface area (Å²) in [5.74, 6) is 1.45. The van der Waals surface area contributed by atoms with Gasteiger partial charge in [0.25, 0.3) is 0 Å². The van der Waals surface area contributed by atoms with Crippen LogP contribution in [-0.4, -0.2) is 19.6 Å². The highest BCUT2D eigenvalue weighted by atomic mass is 16.5. The van der Waals surface area contributed by atoms with Crippen LogP contribution in [0.1, 0.15) is 44.6 Å². The van der Waals surface area contributed by atoms with E-state index < -0.39 is 0 Å². The first-order valence-electron chi connectivity index (χ1n) is 6.83. The van der Waals surface area contributed by atoms with Crippen molar-refractivity contribution in [3.8, 4) is 5.75 Å². The molecule has 1 fully saturated rings. The van der Waals surface area contributed by atoms with Gasteiger partial charge in [0, 0.05) is 6.61 Å². The van der Waals surface area contributed by atoms with Gasteiger partial charge in [0.05, 0.1) is 0 Å². The molecule has 2 rings (SSSR count). The van der Waals surface area contributed by atoms with Crippen molar-refractivity contribution < 1.29 is 9.47 Å². The minimum absolute atomic E-state index is 0.159. The van der Waals surface area contributed by atoms with Crippen LogP contribution in [0.2, 0.25) is 0 Å². The van der Waals surface area contributed by atoms with Gasteiger partial charge >= 0.3 is 0 Å². The van der Waals surface area contributed by atoms with Crippen molar-refractivity contribution in [1.29, 1.82) is 0 Å². The van der Waals surface area contributed by atoms with E-state index in [1.54, 1.807) is 0 Å². The number of nitrogens with one attached hydrogen (secondary N) is 1. The minimum atomic E-state index is 0.159. The maximum Gasteiger partial charge on any atom is 0.141 e. The summed E-state index contributed by atoms with van der Waals surface area (Å²) in [6.45, 7) is 5.74. The first-order chi connectivity index (χ1) is 8.75. The van der Waals surface area contributed by atoms with Crippen molar-refractivity contribution in [3.05, 3.63) is 29.8 Å². The van der Waals surface area contributed by atoms with Crippen LogP contribution in [0.3, 0.4) is 0 Å². The SMILES string of the molecule is CC(C)c1cccc(OCNC2CCCCO2)c1. The Bertz CT molecular complexity index is 359. The molecule has 0 aliphatic carbocycles. The zero-order valence-electron chi connectivity index (χ0n) is 11.3. The fourth-order valence-electron chi connectivity index (χ4n) is 2.08. The molecule has 0 radical (unpaired) electrons. The van der Waals surface area contributed by atoms with Crippen molar-refractivity contribution in [2.75, 3.05) is 13.3 Å². The molecule has 1 aromatic rings. The van der Waals surface area contributed by atoms with E-state index in [-0.39, 0.29) is 6.23 Å². The third-order valence-electron chi connectivity index (χ3n) is 3.25. The van der Waals surface area contributed by atoms with Gasteiger partial charge in [-0.15, -0.1) is 0 Å². The Morgan fingerprint density at radius 2 is 2.28 bits per heavy atom. The van der Waals surface area contributed by atoms with E-state index in [1.807, 2.05) is 12.1 Å². The lowest BCUT2D eigenvalue weighted by Gasteiger charge is -2.23. The van der Waals surface area contributed by atoms with Crippen LogP contribution in [0.5, 0.6) is 5.75 Å². The molecule has 0 spiro atoms. The summed E-state index contributed by atoms with van der Waals surface area (Å²) in [5.41, 5.74) is 1.31. The van der Waals surface area contributed by atoms with Crippen LogP contribution < -0.4 is 10.1 Å². The largest absolute Gasteiger partial charge is 0.478 e. The van der Waals surface area contributed by atoms with Crippen LogP contribution in [-0.2, 0) is 4.74 Å². The monoisotopic (exact) mass is 249 g/mol. The quantitative estimate of drug-likeness (QED) is 0.812. The van der Waals surface area contributed by atoms with Crippen LogP contribution in [0.25, 0.3) is 0 Å². The summed E-state index contributed by atoms with van der Waals surface area (Å²) < 4.78 is 11.3. The summed E-state index contributed by atoms with van der Waals surface area (Å²) in [5, 5.41) is 3.27. The molecule has 1 unspecified atom stereocenters. The minimum Gasteiger partial charge on any atom is -0.478 e. The van der Waals surface area contributed by atoms with Gasteiger partial charge in [-0.05, 0) is 42.9 Å². The lowest BCUT2D eigenvalue weighted by atomic mass is 10.0. The Balaban J connectivity index is 1.77. The van der Waals surface area contributed by atoms with Crippen LogP contribution in [0.4, 0.5) is 0 Å². The van der Waals surface area contributed by atoms with Gasteiger partial charge in [-0.25, -0.2) is 0 Å². The molecule has 3 nitrogen and oxygen atoms in total. The zero-order valence-corrected chi connectivity index (χ0v) is 11.3. The Morgan fingerprint density at radius 1 is 1.39 bits per heavy atom. The van der Waals surface area contributed by atoms with Crippen LogP contribution in [0, 0.1) is 0 Å². The normalized spacial score (nSPS) is 20.1. The molecule has 1 saturated heterocycles. The van der Waals surface area contributed by atoms with Crippen LogP contribution in [0.15, 0.2) is 24.3 Å². The molecule has 1 heterocycles. The average molecular weight is 249 g/mol. The maximum absolute atomic E-state index is 5.71. The molecule has 1 atom stereocenters. The number of rotatable bonds is 5. The third kappa shape index (κ3) is 4.00. The van der Waals surface area contributed by atoms with E-state index in [4.69, 9.17) is 9.47 Å². The van der Waals surface area contributed by atoms with Gasteiger partial charge in [0.1, 0.15) is 18.7 Å². The first kappa shape index (κ1) is 13.4. The number of ether oxygens (including phenoxy) is 2. The Hall–Kier alpha value is -1.06. The average Bonchev–Trinajstić information content (AvgIpc) is 2.40. The lowest BCUT2D eigenvalue weighted by molar-refractivity contribution is -0.0162. The second-order valence-electron chi connectivity index (χ2n) is 5.08. The molecular formula is C15H23NO2. The van der Waals surface area contributed by atoms with E-state index >= 15 is 0 Å². The fraction of sp³-hybridized carbons (Fsp3) is 0.600. The molecule has 100 valence electrons. The maximum atomic E-state index is 5.71. The highest BCUT2D eigenvalue weighted by molar-refractivity contribution is 5.30. The van der Waals surface area contributed by atoms with Gasteiger partial charge in [-0.2, -0.15) is 0 Å². The molecular weight excluding hydrogens is 226 g/mol. The second kappa shape index (κ2) is 6.76. The molecule has 3 heteroatoms. The van der Waals surface area contributed by atoms with E-state index in [2.05, 4.69) is 31.3 Å². The summed E-state index contributed by atoms with van der Waals surface area (Å²) in [6, 6.07) is 8.28. The predicted octanol–water partition coefficient (Wildman–Crippen LogP) is 3.26. The van der Waals surface area contributed by atoms with Crippen molar-refractivity contribution in [2.45, 2.75) is 45.3 Å². The highest BCUT2D eigenvalue weighted by Crippen LogP contribution is 2.20. The third-order valence-corrected chi connectivity index (χ3v) is 3.25. The standard InChI is InChI=1S/C15H23NO2/c1-12(2)13-6-5-7-14(10-13)18-11-16-15-8-3-4-9-17-15/h5-7,10,12,15-16H,3-4,8-9,11H2,1-2H3. The van der Waals surface area contributed by atoms with E-state index in [9.17, 15) is 0 Å². The molecule has 0 aromatic heterocycles. The molecule has 0 saturated carbocycles. The topological polar surface area (TPSA) is 30.5 Å². The number of hydrogen-bond donors (Lipinski definition) is 1. The van der Waals surface area contributed by atoms with E-state index in [0.717, 1.165) is 18.8 Å². The summed E-state index contributed by atoms with van der Waals surface area (Å²) >= 11 is 0. The van der Waals surface area contributed by atoms with Crippen molar-refractivity contribution >= 4 is 0 Å². The van der Waals surface area contributed by atoms with Crippen molar-refractivity contribution in [3.63, 3.8) is 0 Å². The summed E-state index contributed by atoms with van der Waals surface area (Å²) in [6.07, 6.45) is 3.65. The first-order valence-corrected chi connectivity index (χ1v) is 6.83. The van der Waals surface area contributed by atoms with Gasteiger partial charge in [0.2, 0.25) is 0 Å². The Labute approximate surface area is 109 Å².